The Labute approximate surface area is 138 Å². The van der Waals surface area contributed by atoms with E-state index in [4.69, 9.17) is 4.52 Å². The van der Waals surface area contributed by atoms with Crippen molar-refractivity contribution in [1.29, 1.82) is 0 Å². The molecule has 2 heterocycles. The number of carbonyl (C=O) groups is 1. The number of nitrogens with zero attached hydrogens (tertiary/aromatic N) is 5. The highest BCUT2D eigenvalue weighted by molar-refractivity contribution is 5.74. The van der Waals surface area contributed by atoms with E-state index < -0.39 is 0 Å². The molecule has 0 radical (unpaired) electrons. The third-order valence-electron chi connectivity index (χ3n) is 4.15. The maximum absolute atomic E-state index is 12.3. The van der Waals surface area contributed by atoms with Crippen molar-refractivity contribution in [2.24, 2.45) is 0 Å². The molecule has 2 rings (SSSR count). The summed E-state index contributed by atoms with van der Waals surface area (Å²) in [6.45, 7) is 15.6. The molecule has 1 aliphatic heterocycles. The lowest BCUT2D eigenvalue weighted by Gasteiger charge is -2.36. The number of hydrogen-bond donors (Lipinski definition) is 0. The smallest absolute Gasteiger partial charge is 0.320 e. The molecule has 0 aromatic carbocycles. The Hall–Kier alpha value is -1.63. The normalized spacial score (nSPS) is 16.7. The summed E-state index contributed by atoms with van der Waals surface area (Å²) in [5.74, 6) is 1.39. The standard InChI is InChI=1S/C16H29N5O2/c1-6-20(7-2)15(22)21-10-8-19(9-11-21)12-13-17-14(23-18-13)16(3,4)5/h6-12H2,1-5H3. The second kappa shape index (κ2) is 7.29. The van der Waals surface area contributed by atoms with E-state index in [1.54, 1.807) is 0 Å². The van der Waals surface area contributed by atoms with Crippen molar-refractivity contribution in [3.8, 4) is 0 Å². The highest BCUT2D eigenvalue weighted by atomic mass is 16.5. The quantitative estimate of drug-likeness (QED) is 0.847. The van der Waals surface area contributed by atoms with Gasteiger partial charge in [-0.25, -0.2) is 4.79 Å². The second-order valence-corrected chi connectivity index (χ2v) is 6.98. The van der Waals surface area contributed by atoms with Crippen LogP contribution in [0.1, 0.15) is 46.3 Å². The van der Waals surface area contributed by atoms with Gasteiger partial charge in [0.2, 0.25) is 5.89 Å². The highest BCUT2D eigenvalue weighted by Gasteiger charge is 2.26. The molecule has 0 bridgehead atoms. The van der Waals surface area contributed by atoms with Crippen molar-refractivity contribution >= 4 is 6.03 Å². The SMILES string of the molecule is CCN(CC)C(=O)N1CCN(Cc2noc(C(C)(C)C)n2)CC1. The minimum absolute atomic E-state index is 0.125. The summed E-state index contributed by atoms with van der Waals surface area (Å²) in [5.41, 5.74) is -0.125. The number of amides is 2. The van der Waals surface area contributed by atoms with Crippen LogP contribution in [0.3, 0.4) is 0 Å². The Morgan fingerprint density at radius 1 is 1.17 bits per heavy atom. The average Bonchev–Trinajstić information content (AvgIpc) is 2.98. The van der Waals surface area contributed by atoms with Gasteiger partial charge in [-0.15, -0.1) is 0 Å². The Bertz CT molecular complexity index is 511. The van der Waals surface area contributed by atoms with Crippen LogP contribution in [0.2, 0.25) is 0 Å². The van der Waals surface area contributed by atoms with E-state index in [2.05, 4.69) is 35.8 Å². The summed E-state index contributed by atoms with van der Waals surface area (Å²) in [6.07, 6.45) is 0. The van der Waals surface area contributed by atoms with Gasteiger partial charge >= 0.3 is 6.03 Å². The number of aromatic nitrogens is 2. The molecular weight excluding hydrogens is 294 g/mol. The zero-order valence-electron chi connectivity index (χ0n) is 15.0. The van der Waals surface area contributed by atoms with E-state index in [-0.39, 0.29) is 11.4 Å². The Morgan fingerprint density at radius 2 is 1.78 bits per heavy atom. The fraction of sp³-hybridized carbons (Fsp3) is 0.812. The van der Waals surface area contributed by atoms with Crippen LogP contribution in [0.25, 0.3) is 0 Å². The molecule has 1 fully saturated rings. The zero-order valence-corrected chi connectivity index (χ0v) is 15.0. The van der Waals surface area contributed by atoms with Gasteiger partial charge in [0.05, 0.1) is 6.54 Å². The number of carbonyl (C=O) groups excluding carboxylic acids is 1. The molecule has 1 aromatic rings. The van der Waals surface area contributed by atoms with Gasteiger partial charge in [0.25, 0.3) is 0 Å². The van der Waals surface area contributed by atoms with Crippen molar-refractivity contribution in [2.75, 3.05) is 39.3 Å². The predicted octanol–water partition coefficient (Wildman–Crippen LogP) is 1.95. The topological polar surface area (TPSA) is 65.7 Å². The van der Waals surface area contributed by atoms with Crippen LogP contribution in [0.5, 0.6) is 0 Å². The third-order valence-corrected chi connectivity index (χ3v) is 4.15. The van der Waals surface area contributed by atoms with Gasteiger partial charge in [-0.2, -0.15) is 4.98 Å². The second-order valence-electron chi connectivity index (χ2n) is 6.98. The average molecular weight is 323 g/mol. The van der Waals surface area contributed by atoms with E-state index in [1.165, 1.54) is 0 Å². The summed E-state index contributed by atoms with van der Waals surface area (Å²) in [6, 6.07) is 0.143. The largest absolute Gasteiger partial charge is 0.339 e. The lowest BCUT2D eigenvalue weighted by atomic mass is 9.97. The first kappa shape index (κ1) is 17.7. The molecule has 1 aromatic heterocycles. The molecule has 7 nitrogen and oxygen atoms in total. The summed E-state index contributed by atoms with van der Waals surface area (Å²) < 4.78 is 5.33. The van der Waals surface area contributed by atoms with Gasteiger partial charge in [-0.1, -0.05) is 25.9 Å². The number of hydrogen-bond acceptors (Lipinski definition) is 5. The molecular formula is C16H29N5O2. The lowest BCUT2D eigenvalue weighted by molar-refractivity contribution is 0.110. The maximum atomic E-state index is 12.3. The first-order chi connectivity index (χ1) is 10.8. The molecule has 0 unspecified atom stereocenters. The molecule has 23 heavy (non-hydrogen) atoms. The van der Waals surface area contributed by atoms with Gasteiger partial charge < -0.3 is 14.3 Å². The van der Waals surface area contributed by atoms with Crippen LogP contribution in [0, 0.1) is 0 Å². The molecule has 0 atom stereocenters. The van der Waals surface area contributed by atoms with Crippen molar-refractivity contribution in [1.82, 2.24) is 24.8 Å². The minimum atomic E-state index is -0.125. The number of piperazine rings is 1. The first-order valence-electron chi connectivity index (χ1n) is 8.44. The summed E-state index contributed by atoms with van der Waals surface area (Å²) in [4.78, 5) is 22.9. The summed E-state index contributed by atoms with van der Waals surface area (Å²) >= 11 is 0. The Kier molecular flexibility index (Phi) is 5.62. The third kappa shape index (κ3) is 4.43. The van der Waals surface area contributed by atoms with Gasteiger partial charge in [0.15, 0.2) is 5.82 Å². The van der Waals surface area contributed by atoms with Crippen LogP contribution in [0.4, 0.5) is 4.79 Å². The van der Waals surface area contributed by atoms with Crippen molar-refractivity contribution in [3.05, 3.63) is 11.7 Å². The molecule has 2 amide bonds. The number of rotatable bonds is 4. The van der Waals surface area contributed by atoms with Gasteiger partial charge in [0, 0.05) is 44.7 Å². The summed E-state index contributed by atoms with van der Waals surface area (Å²) in [5, 5.41) is 4.07. The molecule has 1 aliphatic rings. The highest BCUT2D eigenvalue weighted by Crippen LogP contribution is 2.20. The monoisotopic (exact) mass is 323 g/mol. The van der Waals surface area contributed by atoms with Gasteiger partial charge in [0.1, 0.15) is 0 Å². The van der Waals surface area contributed by atoms with Crippen LogP contribution < -0.4 is 0 Å². The van der Waals surface area contributed by atoms with Crippen molar-refractivity contribution < 1.29 is 9.32 Å². The minimum Gasteiger partial charge on any atom is -0.339 e. The molecule has 1 saturated heterocycles. The van der Waals surface area contributed by atoms with E-state index >= 15 is 0 Å². The van der Waals surface area contributed by atoms with E-state index in [0.29, 0.717) is 12.4 Å². The fourth-order valence-corrected chi connectivity index (χ4v) is 2.61. The van der Waals surface area contributed by atoms with Crippen LogP contribution in [-0.2, 0) is 12.0 Å². The zero-order chi connectivity index (χ0) is 17.0. The van der Waals surface area contributed by atoms with E-state index in [9.17, 15) is 4.79 Å². The molecule has 0 aliphatic carbocycles. The molecule has 0 N–H and O–H groups in total. The van der Waals surface area contributed by atoms with Gasteiger partial charge in [-0.05, 0) is 13.8 Å². The Balaban J connectivity index is 1.85. The van der Waals surface area contributed by atoms with Crippen molar-refractivity contribution in [3.63, 3.8) is 0 Å². The van der Waals surface area contributed by atoms with E-state index in [0.717, 1.165) is 45.1 Å². The van der Waals surface area contributed by atoms with Gasteiger partial charge in [-0.3, -0.25) is 4.90 Å². The fourth-order valence-electron chi connectivity index (χ4n) is 2.61. The van der Waals surface area contributed by atoms with Crippen LogP contribution in [0.15, 0.2) is 4.52 Å². The van der Waals surface area contributed by atoms with Crippen LogP contribution in [-0.4, -0.2) is 70.1 Å². The van der Waals surface area contributed by atoms with Crippen molar-refractivity contribution in [2.45, 2.75) is 46.6 Å². The first-order valence-corrected chi connectivity index (χ1v) is 8.44. The molecule has 0 saturated carbocycles. The van der Waals surface area contributed by atoms with Crippen LogP contribution >= 0.6 is 0 Å². The predicted molar refractivity (Wildman–Crippen MR) is 88.2 cm³/mol. The Morgan fingerprint density at radius 3 is 2.26 bits per heavy atom. The molecule has 130 valence electrons. The van der Waals surface area contributed by atoms with E-state index in [1.807, 2.05) is 23.6 Å². The number of urea groups is 1. The molecule has 7 heteroatoms. The lowest BCUT2D eigenvalue weighted by Crippen LogP contribution is -2.52. The molecule has 0 spiro atoms. The maximum Gasteiger partial charge on any atom is 0.320 e. The summed E-state index contributed by atoms with van der Waals surface area (Å²) in [7, 11) is 0.